The van der Waals surface area contributed by atoms with Crippen molar-refractivity contribution < 1.29 is 14.3 Å². The molecule has 0 aromatic heterocycles. The molecule has 0 saturated heterocycles. The average molecular weight is 341 g/mol. The Morgan fingerprint density at radius 1 is 1.13 bits per heavy atom. The fraction of sp³-hybridized carbons (Fsp3) is 0.529. The Morgan fingerprint density at radius 3 is 2.48 bits per heavy atom. The molecule has 2 amide bonds. The molecule has 1 aromatic rings. The predicted octanol–water partition coefficient (Wildman–Crippen LogP) is 3.30. The van der Waals surface area contributed by atoms with Crippen LogP contribution in [0.25, 0.3) is 0 Å². The molecular formula is C17H25ClN2O3. The zero-order chi connectivity index (χ0) is 17.3. The van der Waals surface area contributed by atoms with Gasteiger partial charge in [-0.2, -0.15) is 0 Å². The first-order valence-corrected chi connectivity index (χ1v) is 8.13. The Kier molecular flexibility index (Phi) is 7.89. The molecule has 0 unspecified atom stereocenters. The van der Waals surface area contributed by atoms with Crippen LogP contribution in [0.15, 0.2) is 24.3 Å². The first-order chi connectivity index (χ1) is 10.8. The van der Waals surface area contributed by atoms with Crippen LogP contribution in [0, 0.1) is 0 Å². The van der Waals surface area contributed by atoms with Gasteiger partial charge in [-0.3, -0.25) is 4.79 Å². The quantitative estimate of drug-likeness (QED) is 0.748. The number of halogens is 1. The lowest BCUT2D eigenvalue weighted by Crippen LogP contribution is -2.33. The van der Waals surface area contributed by atoms with E-state index in [1.165, 1.54) is 0 Å². The summed E-state index contributed by atoms with van der Waals surface area (Å²) >= 11 is 6.05. The van der Waals surface area contributed by atoms with Gasteiger partial charge in [0.05, 0.1) is 0 Å². The third-order valence-corrected chi connectivity index (χ3v) is 3.29. The molecule has 0 fully saturated rings. The van der Waals surface area contributed by atoms with Crippen LogP contribution in [0.1, 0.15) is 39.2 Å². The van der Waals surface area contributed by atoms with Gasteiger partial charge in [-0.15, -0.1) is 0 Å². The Hall–Kier alpha value is -1.75. The topological polar surface area (TPSA) is 67.4 Å². The number of benzene rings is 1. The molecule has 0 saturated carbocycles. The molecule has 1 rings (SSSR count). The monoisotopic (exact) mass is 340 g/mol. The molecule has 0 aliphatic carbocycles. The lowest BCUT2D eigenvalue weighted by molar-refractivity contribution is -0.121. The van der Waals surface area contributed by atoms with E-state index in [9.17, 15) is 9.59 Å². The predicted molar refractivity (Wildman–Crippen MR) is 91.6 cm³/mol. The van der Waals surface area contributed by atoms with Crippen molar-refractivity contribution in [2.24, 2.45) is 0 Å². The summed E-state index contributed by atoms with van der Waals surface area (Å²) in [4.78, 5) is 23.1. The van der Waals surface area contributed by atoms with E-state index in [0.29, 0.717) is 37.4 Å². The highest BCUT2D eigenvalue weighted by molar-refractivity contribution is 6.31. The molecule has 5 nitrogen and oxygen atoms in total. The third kappa shape index (κ3) is 9.08. The highest BCUT2D eigenvalue weighted by Gasteiger charge is 2.15. The molecule has 1 aromatic carbocycles. The molecule has 6 heteroatoms. The van der Waals surface area contributed by atoms with Crippen molar-refractivity contribution in [3.8, 4) is 0 Å². The van der Waals surface area contributed by atoms with E-state index in [-0.39, 0.29) is 5.91 Å². The molecule has 0 heterocycles. The first-order valence-electron chi connectivity index (χ1n) is 7.75. The molecule has 2 N–H and O–H groups in total. The van der Waals surface area contributed by atoms with E-state index in [0.717, 1.165) is 5.56 Å². The molecule has 0 aliphatic heterocycles. The number of hydrogen-bond donors (Lipinski definition) is 2. The molecule has 0 bridgehead atoms. The lowest BCUT2D eigenvalue weighted by Gasteiger charge is -2.19. The van der Waals surface area contributed by atoms with Crippen LogP contribution in [0.4, 0.5) is 4.79 Å². The van der Waals surface area contributed by atoms with Crippen molar-refractivity contribution in [1.29, 1.82) is 0 Å². The Bertz CT molecular complexity index is 527. The number of nitrogens with one attached hydrogen (secondary N) is 2. The highest BCUT2D eigenvalue weighted by Crippen LogP contribution is 2.14. The van der Waals surface area contributed by atoms with Gasteiger partial charge >= 0.3 is 6.09 Å². The van der Waals surface area contributed by atoms with Crippen molar-refractivity contribution >= 4 is 23.6 Å². The highest BCUT2D eigenvalue weighted by atomic mass is 35.5. The number of carbonyl (C=O) groups is 2. The standard InChI is InChI=1S/C17H25ClN2O3/c1-17(2,3)23-16(22)20-11-6-9-15(21)19-12-10-13-7-4-5-8-14(13)18/h4-5,7-8H,6,9-12H2,1-3H3,(H,19,21)(H,20,22). The van der Waals surface area contributed by atoms with Crippen LogP contribution in [-0.2, 0) is 16.0 Å². The number of rotatable bonds is 7. The summed E-state index contributed by atoms with van der Waals surface area (Å²) in [7, 11) is 0. The second-order valence-corrected chi connectivity index (χ2v) is 6.63. The fourth-order valence-electron chi connectivity index (χ4n) is 1.88. The second kappa shape index (κ2) is 9.40. The molecular weight excluding hydrogens is 316 g/mol. The van der Waals surface area contributed by atoms with Crippen LogP contribution in [0.5, 0.6) is 0 Å². The smallest absolute Gasteiger partial charge is 0.407 e. The van der Waals surface area contributed by atoms with E-state index in [4.69, 9.17) is 16.3 Å². The molecule has 128 valence electrons. The van der Waals surface area contributed by atoms with Crippen LogP contribution in [0.2, 0.25) is 5.02 Å². The Labute approximate surface area is 142 Å². The molecule has 0 aliphatic rings. The largest absolute Gasteiger partial charge is 0.444 e. The summed E-state index contributed by atoms with van der Waals surface area (Å²) in [6.07, 6.45) is 1.16. The molecule has 0 atom stereocenters. The second-order valence-electron chi connectivity index (χ2n) is 6.22. The van der Waals surface area contributed by atoms with E-state index >= 15 is 0 Å². The summed E-state index contributed by atoms with van der Waals surface area (Å²) in [6, 6.07) is 7.58. The maximum Gasteiger partial charge on any atom is 0.407 e. The van der Waals surface area contributed by atoms with Gasteiger partial charge in [0.25, 0.3) is 0 Å². The Morgan fingerprint density at radius 2 is 1.83 bits per heavy atom. The normalized spacial score (nSPS) is 11.0. The number of hydrogen-bond acceptors (Lipinski definition) is 3. The van der Waals surface area contributed by atoms with Gasteiger partial charge in [0, 0.05) is 24.5 Å². The van der Waals surface area contributed by atoms with Crippen LogP contribution in [0.3, 0.4) is 0 Å². The van der Waals surface area contributed by atoms with Gasteiger partial charge in [0.2, 0.25) is 5.91 Å². The van der Waals surface area contributed by atoms with Gasteiger partial charge in [0.15, 0.2) is 0 Å². The SMILES string of the molecule is CC(C)(C)OC(=O)NCCCC(=O)NCCc1ccccc1Cl. The first kappa shape index (κ1) is 19.3. The maximum atomic E-state index is 11.7. The zero-order valence-electron chi connectivity index (χ0n) is 13.9. The maximum absolute atomic E-state index is 11.7. The number of alkyl carbamates (subject to hydrolysis) is 1. The van der Waals surface area contributed by atoms with Crippen molar-refractivity contribution in [1.82, 2.24) is 10.6 Å². The van der Waals surface area contributed by atoms with E-state index in [1.54, 1.807) is 20.8 Å². The van der Waals surface area contributed by atoms with Gasteiger partial charge in [0.1, 0.15) is 5.60 Å². The van der Waals surface area contributed by atoms with E-state index < -0.39 is 11.7 Å². The third-order valence-electron chi connectivity index (χ3n) is 2.92. The van der Waals surface area contributed by atoms with Crippen molar-refractivity contribution in [2.75, 3.05) is 13.1 Å². The van der Waals surface area contributed by atoms with Crippen LogP contribution >= 0.6 is 11.6 Å². The number of carbonyl (C=O) groups excluding carboxylic acids is 2. The van der Waals surface area contributed by atoms with Crippen molar-refractivity contribution in [2.45, 2.75) is 45.6 Å². The summed E-state index contributed by atoms with van der Waals surface area (Å²) in [6.45, 7) is 6.37. The minimum Gasteiger partial charge on any atom is -0.444 e. The summed E-state index contributed by atoms with van der Waals surface area (Å²) in [5, 5.41) is 6.18. The number of ether oxygens (including phenoxy) is 1. The summed E-state index contributed by atoms with van der Waals surface area (Å²) < 4.78 is 5.11. The average Bonchev–Trinajstić information content (AvgIpc) is 2.44. The fourth-order valence-corrected chi connectivity index (χ4v) is 2.11. The minimum absolute atomic E-state index is 0.0388. The minimum atomic E-state index is -0.514. The number of amides is 2. The van der Waals surface area contributed by atoms with Crippen LogP contribution in [-0.4, -0.2) is 30.7 Å². The molecule has 0 radical (unpaired) electrons. The van der Waals surface area contributed by atoms with Gasteiger partial charge < -0.3 is 15.4 Å². The van der Waals surface area contributed by atoms with Gasteiger partial charge in [-0.25, -0.2) is 4.79 Å². The van der Waals surface area contributed by atoms with Gasteiger partial charge in [-0.1, -0.05) is 29.8 Å². The van der Waals surface area contributed by atoms with E-state index in [2.05, 4.69) is 10.6 Å². The zero-order valence-corrected chi connectivity index (χ0v) is 14.7. The van der Waals surface area contributed by atoms with E-state index in [1.807, 2.05) is 24.3 Å². The van der Waals surface area contributed by atoms with Crippen molar-refractivity contribution in [3.05, 3.63) is 34.9 Å². The van der Waals surface area contributed by atoms with Gasteiger partial charge in [-0.05, 0) is 45.2 Å². The summed E-state index contributed by atoms with van der Waals surface area (Å²) in [5.41, 5.74) is 0.501. The molecule has 0 spiro atoms. The molecule has 23 heavy (non-hydrogen) atoms. The lowest BCUT2D eigenvalue weighted by atomic mass is 10.1. The van der Waals surface area contributed by atoms with Crippen molar-refractivity contribution in [3.63, 3.8) is 0 Å². The Balaban J connectivity index is 2.11. The van der Waals surface area contributed by atoms with Crippen LogP contribution < -0.4 is 10.6 Å². The summed E-state index contributed by atoms with van der Waals surface area (Å²) in [5.74, 6) is -0.0388.